The van der Waals surface area contributed by atoms with Crippen LogP contribution in [-0.2, 0) is 11.5 Å². The van der Waals surface area contributed by atoms with Crippen molar-refractivity contribution in [1.82, 2.24) is 15.1 Å². The first-order valence-corrected chi connectivity index (χ1v) is 12.9. The first-order valence-electron chi connectivity index (χ1n) is 8.16. The molecular formula is C17H25IN4OSi. The number of hydrogen-bond donors (Lipinski definition) is 1. The van der Waals surface area contributed by atoms with Crippen LogP contribution in [0.25, 0.3) is 10.9 Å². The highest BCUT2D eigenvalue weighted by atomic mass is 127. The summed E-state index contributed by atoms with van der Waals surface area (Å²) in [5.74, 6) is 0. The fourth-order valence-corrected chi connectivity index (χ4v) is 4.11. The molecule has 0 atom stereocenters. The Labute approximate surface area is 158 Å². The predicted molar refractivity (Wildman–Crippen MR) is 111 cm³/mol. The Balaban J connectivity index is 1.73. The van der Waals surface area contributed by atoms with Crippen LogP contribution in [0.2, 0.25) is 25.7 Å². The lowest BCUT2D eigenvalue weighted by molar-refractivity contribution is 0.0902. The van der Waals surface area contributed by atoms with Crippen molar-refractivity contribution in [3.8, 4) is 0 Å². The Bertz CT molecular complexity index is 753. The van der Waals surface area contributed by atoms with E-state index in [1.165, 1.54) is 20.5 Å². The van der Waals surface area contributed by atoms with E-state index in [-0.39, 0.29) is 0 Å². The fraction of sp³-hybridized carbons (Fsp3) is 0.412. The normalized spacial score (nSPS) is 15.0. The molecule has 1 aliphatic rings. The monoisotopic (exact) mass is 456 g/mol. The molecule has 2 heterocycles. The zero-order chi connectivity index (χ0) is 17.3. The van der Waals surface area contributed by atoms with Crippen molar-refractivity contribution in [3.05, 3.63) is 40.4 Å². The minimum atomic E-state index is -1.03. The summed E-state index contributed by atoms with van der Waals surface area (Å²) in [6, 6.07) is 7.72. The average Bonchev–Trinajstić information content (AvgIpc) is 3.07. The zero-order valence-corrected chi connectivity index (χ0v) is 17.9. The van der Waals surface area contributed by atoms with E-state index in [0.717, 1.165) is 12.3 Å². The molecule has 5 nitrogen and oxygen atoms in total. The van der Waals surface area contributed by atoms with E-state index in [1.54, 1.807) is 0 Å². The number of rotatable bonds is 6. The van der Waals surface area contributed by atoms with Crippen LogP contribution < -0.4 is 10.5 Å². The largest absolute Gasteiger partial charge is 0.361 e. The number of ether oxygens (including phenoxy) is 1. The molecule has 0 amide bonds. The van der Waals surface area contributed by atoms with E-state index in [9.17, 15) is 0 Å². The number of fused-ring (bicyclic) bond motifs is 1. The van der Waals surface area contributed by atoms with Gasteiger partial charge in [0, 0.05) is 49.3 Å². The standard InChI is InChI=1S/C17H25IN4OSi/c1-20-7-8-22(19-20)14-5-6-17-15(11-14)16(18)12-21(17)13-23-9-10-24(2,3)4/h5-8,11-12,19H,9-10,13H2,1-4H3. The van der Waals surface area contributed by atoms with Gasteiger partial charge in [-0.05, 0) is 46.8 Å². The summed E-state index contributed by atoms with van der Waals surface area (Å²) in [4.78, 5) is 0. The first kappa shape index (κ1) is 17.8. The molecule has 3 rings (SSSR count). The van der Waals surface area contributed by atoms with Gasteiger partial charge in [0.25, 0.3) is 0 Å². The number of nitrogens with zero attached hydrogens (tertiary/aromatic N) is 3. The van der Waals surface area contributed by atoms with Crippen LogP contribution in [0, 0.1) is 3.57 Å². The second-order valence-corrected chi connectivity index (χ2v) is 14.2. The van der Waals surface area contributed by atoms with E-state index in [2.05, 4.69) is 76.7 Å². The molecule has 1 N–H and O–H groups in total. The molecule has 1 aromatic heterocycles. The van der Waals surface area contributed by atoms with Crippen LogP contribution in [0.3, 0.4) is 0 Å². The van der Waals surface area contributed by atoms with Crippen molar-refractivity contribution in [3.63, 3.8) is 0 Å². The van der Waals surface area contributed by atoms with Gasteiger partial charge in [0.05, 0.1) is 11.2 Å². The maximum Gasteiger partial charge on any atom is 0.122 e. The summed E-state index contributed by atoms with van der Waals surface area (Å²) >= 11 is 2.40. The van der Waals surface area contributed by atoms with Gasteiger partial charge in [0.2, 0.25) is 0 Å². The lowest BCUT2D eigenvalue weighted by Crippen LogP contribution is -2.36. The van der Waals surface area contributed by atoms with E-state index in [1.807, 2.05) is 29.5 Å². The number of anilines is 1. The Morgan fingerprint density at radius 1 is 1.21 bits per heavy atom. The summed E-state index contributed by atoms with van der Waals surface area (Å²) in [5.41, 5.74) is 5.58. The Morgan fingerprint density at radius 2 is 2.00 bits per heavy atom. The van der Waals surface area contributed by atoms with Crippen LogP contribution in [0.1, 0.15) is 0 Å². The number of aromatic nitrogens is 1. The van der Waals surface area contributed by atoms with Crippen molar-refractivity contribution >= 4 is 47.3 Å². The molecule has 0 spiro atoms. The van der Waals surface area contributed by atoms with Crippen molar-refractivity contribution < 1.29 is 4.74 Å². The molecule has 0 unspecified atom stereocenters. The zero-order valence-electron chi connectivity index (χ0n) is 14.7. The van der Waals surface area contributed by atoms with Gasteiger partial charge >= 0.3 is 0 Å². The van der Waals surface area contributed by atoms with Crippen molar-refractivity contribution in [2.75, 3.05) is 18.7 Å². The molecule has 0 bridgehead atoms. The summed E-state index contributed by atoms with van der Waals surface area (Å²) < 4.78 is 9.36. The second-order valence-electron chi connectivity index (χ2n) is 7.38. The lowest BCUT2D eigenvalue weighted by atomic mass is 10.2. The fourth-order valence-electron chi connectivity index (χ4n) is 2.59. The molecule has 7 heteroatoms. The minimum absolute atomic E-state index is 0.619. The number of hydrogen-bond acceptors (Lipinski definition) is 4. The smallest absolute Gasteiger partial charge is 0.122 e. The van der Waals surface area contributed by atoms with Gasteiger partial charge in [-0.3, -0.25) is 10.0 Å². The molecule has 2 aromatic rings. The number of nitrogens with one attached hydrogen (secondary N) is 1. The summed E-state index contributed by atoms with van der Waals surface area (Å²) in [5, 5.41) is 5.19. The highest BCUT2D eigenvalue weighted by molar-refractivity contribution is 14.1. The van der Waals surface area contributed by atoms with E-state index in [4.69, 9.17) is 4.74 Å². The molecule has 0 aliphatic carbocycles. The second kappa shape index (κ2) is 7.07. The number of benzene rings is 1. The minimum Gasteiger partial charge on any atom is -0.361 e. The Kier molecular flexibility index (Phi) is 5.23. The maximum absolute atomic E-state index is 5.92. The third-order valence-corrected chi connectivity index (χ3v) is 6.59. The summed E-state index contributed by atoms with van der Waals surface area (Å²) in [7, 11) is 0.948. The van der Waals surface area contributed by atoms with Crippen LogP contribution in [0.4, 0.5) is 5.69 Å². The van der Waals surface area contributed by atoms with Gasteiger partial charge in [-0.1, -0.05) is 19.6 Å². The van der Waals surface area contributed by atoms with Gasteiger partial charge in [-0.25, -0.2) is 0 Å². The Morgan fingerprint density at radius 3 is 2.67 bits per heavy atom. The van der Waals surface area contributed by atoms with Gasteiger partial charge in [0.15, 0.2) is 0 Å². The SMILES string of the molecule is CN1C=CN(c2ccc3c(c2)c(I)cn3COCC[Si](C)(C)C)N1. The molecule has 1 aliphatic heterocycles. The van der Waals surface area contributed by atoms with E-state index < -0.39 is 8.07 Å². The van der Waals surface area contributed by atoms with E-state index >= 15 is 0 Å². The van der Waals surface area contributed by atoms with Crippen LogP contribution in [0.15, 0.2) is 36.8 Å². The summed E-state index contributed by atoms with van der Waals surface area (Å²) in [6.45, 7) is 8.60. The van der Waals surface area contributed by atoms with Gasteiger partial charge in [-0.15, -0.1) is 5.53 Å². The molecule has 130 valence electrons. The first-order chi connectivity index (χ1) is 11.3. The third-order valence-electron chi connectivity index (χ3n) is 4.03. The van der Waals surface area contributed by atoms with Crippen molar-refractivity contribution in [2.24, 2.45) is 0 Å². The molecule has 0 fully saturated rings. The topological polar surface area (TPSA) is 32.7 Å². The average molecular weight is 456 g/mol. The maximum atomic E-state index is 5.92. The molecule has 0 radical (unpaired) electrons. The quantitative estimate of drug-likeness (QED) is 0.401. The molecule has 1 aromatic carbocycles. The van der Waals surface area contributed by atoms with E-state index in [0.29, 0.717) is 6.73 Å². The van der Waals surface area contributed by atoms with Gasteiger partial charge in [0.1, 0.15) is 6.73 Å². The van der Waals surface area contributed by atoms with Crippen LogP contribution in [-0.4, -0.2) is 31.3 Å². The van der Waals surface area contributed by atoms with Crippen LogP contribution in [0.5, 0.6) is 0 Å². The van der Waals surface area contributed by atoms with Crippen LogP contribution >= 0.6 is 22.6 Å². The third kappa shape index (κ3) is 4.13. The highest BCUT2D eigenvalue weighted by Gasteiger charge is 2.14. The van der Waals surface area contributed by atoms with Crippen molar-refractivity contribution in [2.45, 2.75) is 32.4 Å². The highest BCUT2D eigenvalue weighted by Crippen LogP contribution is 2.28. The summed E-state index contributed by atoms with van der Waals surface area (Å²) in [6.07, 6.45) is 6.18. The van der Waals surface area contributed by atoms with Gasteiger partial charge in [-0.2, -0.15) is 0 Å². The lowest BCUT2D eigenvalue weighted by Gasteiger charge is -2.19. The predicted octanol–water partition coefficient (Wildman–Crippen LogP) is 4.20. The number of hydrazine groups is 2. The molecule has 0 saturated carbocycles. The molecular weight excluding hydrogens is 431 g/mol. The molecule has 0 saturated heterocycles. The number of halogens is 1. The Hall–Kier alpha value is -1.03. The van der Waals surface area contributed by atoms with Gasteiger partial charge < -0.3 is 9.30 Å². The molecule has 24 heavy (non-hydrogen) atoms. The van der Waals surface area contributed by atoms with Crippen molar-refractivity contribution in [1.29, 1.82) is 0 Å².